The molecule has 1 nitrogen and oxygen atoms in total. The molecule has 0 atom stereocenters. The molecule has 0 aliphatic heterocycles. The number of hydrogen-bond donors (Lipinski definition) is 0. The van der Waals surface area contributed by atoms with Gasteiger partial charge in [0.25, 0.3) is 0 Å². The molecule has 0 amide bonds. The fourth-order valence-corrected chi connectivity index (χ4v) is 12.0. The molecule has 0 aliphatic rings. The zero-order valence-corrected chi connectivity index (χ0v) is 38.7. The Kier molecular flexibility index (Phi) is 8.73. The summed E-state index contributed by atoms with van der Waals surface area (Å²) in [6, 6.07) is 94.3. The highest BCUT2D eigenvalue weighted by atomic mass is 16.3. The third kappa shape index (κ3) is 6.13. The smallest absolute Gasteiger partial charge is 0.143 e. The maximum Gasteiger partial charge on any atom is 0.143 e. The first-order valence-electron chi connectivity index (χ1n) is 24.6. The molecule has 0 saturated heterocycles. The van der Waals surface area contributed by atoms with Gasteiger partial charge < -0.3 is 4.42 Å². The van der Waals surface area contributed by atoms with E-state index in [0.29, 0.717) is 0 Å². The van der Waals surface area contributed by atoms with E-state index in [2.05, 4.69) is 255 Å². The molecule has 0 fully saturated rings. The number of fused-ring (bicyclic) bond motifs is 11. The normalized spacial score (nSPS) is 11.9. The molecule has 1 aromatic heterocycles. The van der Waals surface area contributed by atoms with Gasteiger partial charge in [0.1, 0.15) is 11.2 Å². The zero-order chi connectivity index (χ0) is 46.6. The minimum absolute atomic E-state index is 0.896. The van der Waals surface area contributed by atoms with E-state index in [-0.39, 0.29) is 0 Å². The molecule has 0 unspecified atom stereocenters. The van der Waals surface area contributed by atoms with E-state index in [4.69, 9.17) is 4.42 Å². The lowest BCUT2D eigenvalue weighted by molar-refractivity contribution is 0.672. The van der Waals surface area contributed by atoms with Crippen LogP contribution in [0.2, 0.25) is 0 Å². The third-order valence-corrected chi connectivity index (χ3v) is 15.1. The first kappa shape index (κ1) is 39.7. The molecule has 0 saturated carbocycles. The zero-order valence-electron chi connectivity index (χ0n) is 38.7. The van der Waals surface area contributed by atoms with Crippen molar-refractivity contribution in [1.29, 1.82) is 0 Å². The van der Waals surface area contributed by atoms with Crippen LogP contribution >= 0.6 is 0 Å². The van der Waals surface area contributed by atoms with Crippen molar-refractivity contribution < 1.29 is 4.42 Å². The average Bonchev–Trinajstić information content (AvgIpc) is 3.82. The van der Waals surface area contributed by atoms with Crippen molar-refractivity contribution >= 4 is 97.3 Å². The molecule has 1 heterocycles. The highest BCUT2D eigenvalue weighted by molar-refractivity contribution is 6.25. The van der Waals surface area contributed by atoms with Gasteiger partial charge in [-0.1, -0.05) is 212 Å². The van der Waals surface area contributed by atoms with Crippen LogP contribution in [0, 0.1) is 0 Å². The van der Waals surface area contributed by atoms with E-state index in [1.807, 2.05) is 0 Å². The highest BCUT2D eigenvalue weighted by Crippen LogP contribution is 2.50. The molecule has 1 heteroatoms. The quantitative estimate of drug-likeness (QED) is 0.157. The van der Waals surface area contributed by atoms with Crippen LogP contribution in [-0.2, 0) is 0 Å². The van der Waals surface area contributed by atoms with Crippen molar-refractivity contribution in [1.82, 2.24) is 0 Å². The van der Waals surface area contributed by atoms with Gasteiger partial charge in [0.2, 0.25) is 0 Å². The number of furan rings is 1. The van der Waals surface area contributed by atoms with Crippen molar-refractivity contribution in [3.05, 3.63) is 255 Å². The van der Waals surface area contributed by atoms with Gasteiger partial charge in [0, 0.05) is 16.2 Å². The molecule has 0 bridgehead atoms. The molecule has 0 spiro atoms. The second kappa shape index (κ2) is 15.6. The highest BCUT2D eigenvalue weighted by Gasteiger charge is 2.23. The molecule has 14 aromatic carbocycles. The Bertz CT molecular complexity index is 4370. The second-order valence-electron chi connectivity index (χ2n) is 19.0. The van der Waals surface area contributed by atoms with Crippen molar-refractivity contribution in [2.24, 2.45) is 0 Å². The van der Waals surface area contributed by atoms with Gasteiger partial charge in [-0.2, -0.15) is 0 Å². The minimum Gasteiger partial charge on any atom is -0.455 e. The Morgan fingerprint density at radius 2 is 0.535 bits per heavy atom. The second-order valence-corrected chi connectivity index (χ2v) is 19.0. The molecule has 0 N–H and O–H groups in total. The van der Waals surface area contributed by atoms with Crippen LogP contribution in [-0.4, -0.2) is 0 Å². The standard InChI is InChI=1S/C70H42O/c1-3-19-45-37-47(35-33-43(45)17-1)66-54-23-6-10-27-58(54)68(59-28-11-7-24-55(59)66)50-39-49(63-42-64-53-22-15-16-32-65(53)71-70(64)62-31-14-5-21-52(62)63)40-51(41-50)69-60-29-12-8-25-56(60)67(57-26-9-13-30-61(57)69)48-36-34-44-18-2-4-20-46(44)38-48/h1-42H. The summed E-state index contributed by atoms with van der Waals surface area (Å²) in [5, 5.41) is 19.3. The fourth-order valence-electron chi connectivity index (χ4n) is 12.0. The fraction of sp³-hybridized carbons (Fsp3) is 0. The van der Waals surface area contributed by atoms with Gasteiger partial charge in [-0.05, 0) is 168 Å². The molecule has 0 aliphatic carbocycles. The van der Waals surface area contributed by atoms with E-state index in [1.165, 1.54) is 115 Å². The average molecular weight is 899 g/mol. The summed E-state index contributed by atoms with van der Waals surface area (Å²) in [7, 11) is 0. The Labute approximate surface area is 410 Å². The lowest BCUT2D eigenvalue weighted by atomic mass is 9.82. The van der Waals surface area contributed by atoms with Crippen molar-refractivity contribution in [2.75, 3.05) is 0 Å². The Morgan fingerprint density at radius 3 is 0.986 bits per heavy atom. The van der Waals surface area contributed by atoms with E-state index < -0.39 is 0 Å². The summed E-state index contributed by atoms with van der Waals surface area (Å²) < 4.78 is 6.68. The van der Waals surface area contributed by atoms with Crippen LogP contribution in [0.1, 0.15) is 0 Å². The summed E-state index contributed by atoms with van der Waals surface area (Å²) in [6.07, 6.45) is 0. The minimum atomic E-state index is 0.896. The van der Waals surface area contributed by atoms with E-state index in [0.717, 1.165) is 38.3 Å². The van der Waals surface area contributed by atoms with Crippen LogP contribution in [0.15, 0.2) is 259 Å². The number of hydrogen-bond acceptors (Lipinski definition) is 1. The SMILES string of the molecule is c1ccc2cc(-c3c4ccccc4c(-c4cc(-c5c6ccccc6c(-c6ccc7ccccc7c6)c6ccccc56)cc(-c5cc6c7ccccc7oc6c6ccccc56)c4)c4ccccc34)ccc2c1. The van der Waals surface area contributed by atoms with Crippen LogP contribution in [0.25, 0.3) is 153 Å². The molecular weight excluding hydrogens is 857 g/mol. The van der Waals surface area contributed by atoms with Crippen molar-refractivity contribution in [3.8, 4) is 55.6 Å². The van der Waals surface area contributed by atoms with Gasteiger partial charge >= 0.3 is 0 Å². The molecule has 15 aromatic rings. The van der Waals surface area contributed by atoms with Gasteiger partial charge in [-0.25, -0.2) is 0 Å². The molecule has 328 valence electrons. The number of para-hydroxylation sites is 1. The maximum absolute atomic E-state index is 6.68. The Balaban J connectivity index is 1.08. The van der Waals surface area contributed by atoms with Gasteiger partial charge in [-0.3, -0.25) is 0 Å². The van der Waals surface area contributed by atoms with Crippen LogP contribution in [0.5, 0.6) is 0 Å². The largest absolute Gasteiger partial charge is 0.455 e. The molecule has 15 rings (SSSR count). The molecule has 71 heavy (non-hydrogen) atoms. The van der Waals surface area contributed by atoms with E-state index >= 15 is 0 Å². The van der Waals surface area contributed by atoms with Gasteiger partial charge in [-0.15, -0.1) is 0 Å². The summed E-state index contributed by atoms with van der Waals surface area (Å²) >= 11 is 0. The van der Waals surface area contributed by atoms with E-state index in [1.54, 1.807) is 0 Å². The Hall–Kier alpha value is -9.30. The third-order valence-electron chi connectivity index (χ3n) is 15.1. The predicted molar refractivity (Wildman–Crippen MR) is 303 cm³/mol. The topological polar surface area (TPSA) is 13.1 Å². The predicted octanol–water partition coefficient (Wildman–Crippen LogP) is 20.0. The first-order chi connectivity index (χ1) is 35.2. The lowest BCUT2D eigenvalue weighted by Crippen LogP contribution is -1.94. The summed E-state index contributed by atoms with van der Waals surface area (Å²) in [5.41, 5.74) is 13.9. The summed E-state index contributed by atoms with van der Waals surface area (Å²) in [4.78, 5) is 0. The van der Waals surface area contributed by atoms with Crippen molar-refractivity contribution in [3.63, 3.8) is 0 Å². The Morgan fingerprint density at radius 1 is 0.197 bits per heavy atom. The van der Waals surface area contributed by atoms with Crippen LogP contribution in [0.4, 0.5) is 0 Å². The maximum atomic E-state index is 6.68. The van der Waals surface area contributed by atoms with Crippen LogP contribution < -0.4 is 0 Å². The molecular formula is C70H42O. The van der Waals surface area contributed by atoms with Gasteiger partial charge in [0.05, 0.1) is 0 Å². The summed E-state index contributed by atoms with van der Waals surface area (Å²) in [5.74, 6) is 0. The molecule has 0 radical (unpaired) electrons. The number of benzene rings is 14. The first-order valence-corrected chi connectivity index (χ1v) is 24.6. The summed E-state index contributed by atoms with van der Waals surface area (Å²) in [6.45, 7) is 0. The monoisotopic (exact) mass is 898 g/mol. The van der Waals surface area contributed by atoms with Crippen LogP contribution in [0.3, 0.4) is 0 Å². The lowest BCUT2D eigenvalue weighted by Gasteiger charge is -2.21. The van der Waals surface area contributed by atoms with Gasteiger partial charge in [0.15, 0.2) is 0 Å². The van der Waals surface area contributed by atoms with Crippen molar-refractivity contribution in [2.45, 2.75) is 0 Å². The van der Waals surface area contributed by atoms with E-state index in [9.17, 15) is 0 Å². The number of rotatable bonds is 5.